The predicted molar refractivity (Wildman–Crippen MR) is 151 cm³/mol. The number of methoxy groups -OCH3 is 2. The Morgan fingerprint density at radius 2 is 1.37 bits per heavy atom. The lowest BCUT2D eigenvalue weighted by atomic mass is 9.97. The number of hydrogen-bond donors (Lipinski definition) is 1. The number of esters is 1. The summed E-state index contributed by atoms with van der Waals surface area (Å²) in [6, 6.07) is 23.5. The minimum atomic E-state index is -1.04. The Balaban J connectivity index is 1.63. The van der Waals surface area contributed by atoms with Crippen LogP contribution in [-0.4, -0.2) is 69.2 Å². The zero-order valence-corrected chi connectivity index (χ0v) is 23.2. The highest BCUT2D eigenvalue weighted by Crippen LogP contribution is 2.31. The van der Waals surface area contributed by atoms with Gasteiger partial charge in [0.05, 0.1) is 46.2 Å². The molecule has 0 unspecified atom stereocenters. The molecular weight excluding hydrogens is 528 g/mol. The van der Waals surface area contributed by atoms with E-state index in [2.05, 4.69) is 6.58 Å². The topological polar surface area (TPSA) is 102 Å². The molecule has 5 atom stereocenters. The summed E-state index contributed by atoms with van der Waals surface area (Å²) in [5, 5.41) is 10.3. The van der Waals surface area contributed by atoms with Crippen molar-refractivity contribution in [2.45, 2.75) is 43.9 Å². The highest BCUT2D eigenvalue weighted by molar-refractivity contribution is 5.89. The number of benzene rings is 3. The molecule has 9 nitrogen and oxygen atoms in total. The summed E-state index contributed by atoms with van der Waals surface area (Å²) in [5.41, 5.74) is 2.10. The Morgan fingerprint density at radius 1 is 0.805 bits per heavy atom. The molecule has 1 N–H and O–H groups in total. The molecule has 0 spiro atoms. The number of ether oxygens (including phenoxy) is 7. The van der Waals surface area contributed by atoms with E-state index in [4.69, 9.17) is 33.2 Å². The molecule has 1 aliphatic heterocycles. The monoisotopic (exact) mass is 564 g/mol. The van der Waals surface area contributed by atoms with Crippen LogP contribution in [0.2, 0.25) is 0 Å². The van der Waals surface area contributed by atoms with Gasteiger partial charge in [-0.25, -0.2) is 4.79 Å². The number of aliphatic hydroxyl groups is 1. The van der Waals surface area contributed by atoms with Crippen LogP contribution in [0.1, 0.15) is 21.5 Å². The van der Waals surface area contributed by atoms with Crippen LogP contribution in [0, 0.1) is 0 Å². The summed E-state index contributed by atoms with van der Waals surface area (Å²) in [5.74, 6) is 0.869. The van der Waals surface area contributed by atoms with Crippen LogP contribution < -0.4 is 9.47 Å². The molecule has 0 saturated carbocycles. The minimum absolute atomic E-state index is 0.130. The lowest BCUT2D eigenvalue weighted by Gasteiger charge is -2.45. The van der Waals surface area contributed by atoms with Gasteiger partial charge in [0.2, 0.25) is 0 Å². The van der Waals surface area contributed by atoms with E-state index >= 15 is 0 Å². The summed E-state index contributed by atoms with van der Waals surface area (Å²) in [7, 11) is 3.20. The third-order valence-electron chi connectivity index (χ3n) is 6.61. The number of carbonyl (C=O) groups excluding carboxylic acids is 1. The molecule has 9 heteroatoms. The zero-order valence-electron chi connectivity index (χ0n) is 23.2. The van der Waals surface area contributed by atoms with Gasteiger partial charge in [-0.2, -0.15) is 0 Å². The first-order chi connectivity index (χ1) is 20.1. The number of carbonyl (C=O) groups is 1. The van der Waals surface area contributed by atoms with E-state index in [0.717, 1.165) is 16.9 Å². The van der Waals surface area contributed by atoms with Gasteiger partial charge in [-0.1, -0.05) is 48.5 Å². The molecule has 0 aliphatic carbocycles. The van der Waals surface area contributed by atoms with Gasteiger partial charge in [0.15, 0.2) is 12.4 Å². The Bertz CT molecular complexity index is 1210. The van der Waals surface area contributed by atoms with E-state index in [1.54, 1.807) is 44.6 Å². The molecule has 1 fully saturated rings. The molecule has 4 rings (SSSR count). The summed E-state index contributed by atoms with van der Waals surface area (Å²) >= 11 is 0. The van der Waals surface area contributed by atoms with Crippen molar-refractivity contribution in [1.29, 1.82) is 0 Å². The smallest absolute Gasteiger partial charge is 0.338 e. The van der Waals surface area contributed by atoms with Crippen LogP contribution in [0.5, 0.6) is 11.5 Å². The number of rotatable bonds is 14. The van der Waals surface area contributed by atoms with E-state index < -0.39 is 36.7 Å². The van der Waals surface area contributed by atoms with Gasteiger partial charge in [0, 0.05) is 0 Å². The van der Waals surface area contributed by atoms with Gasteiger partial charge in [-0.15, -0.1) is 6.58 Å². The minimum Gasteiger partial charge on any atom is -0.497 e. The molecular formula is C32H36O9. The normalized spacial score (nSPS) is 22.1. The van der Waals surface area contributed by atoms with Crippen molar-refractivity contribution in [3.05, 3.63) is 108 Å². The molecule has 0 radical (unpaired) electrons. The maximum Gasteiger partial charge on any atom is 0.338 e. The van der Waals surface area contributed by atoms with Gasteiger partial charge in [0.1, 0.15) is 29.8 Å². The summed E-state index contributed by atoms with van der Waals surface area (Å²) in [6.45, 7) is 3.82. The van der Waals surface area contributed by atoms with Crippen LogP contribution >= 0.6 is 0 Å². The summed E-state index contributed by atoms with van der Waals surface area (Å²) in [6.07, 6.45) is -2.99. The highest BCUT2D eigenvalue weighted by Gasteiger charge is 2.50. The molecule has 0 amide bonds. The van der Waals surface area contributed by atoms with Crippen molar-refractivity contribution < 1.29 is 43.1 Å². The van der Waals surface area contributed by atoms with Crippen LogP contribution in [-0.2, 0) is 36.9 Å². The van der Waals surface area contributed by atoms with Gasteiger partial charge >= 0.3 is 5.97 Å². The SMILES string of the molecule is C=CCO[C@@H]1O[C@H](CO)[C@@H](OCc2ccc(OC)cc2)[C@H](OCc2ccc(OC)cc2)[C@H]1OC(=O)c1ccccc1. The quantitative estimate of drug-likeness (QED) is 0.227. The second-order valence-electron chi connectivity index (χ2n) is 9.33. The first-order valence-corrected chi connectivity index (χ1v) is 13.3. The van der Waals surface area contributed by atoms with Gasteiger partial charge in [-0.3, -0.25) is 0 Å². The third kappa shape index (κ3) is 8.16. The zero-order chi connectivity index (χ0) is 29.0. The maximum atomic E-state index is 13.2. The molecule has 1 aliphatic rings. The predicted octanol–water partition coefficient (Wildman–Crippen LogP) is 4.32. The second kappa shape index (κ2) is 15.3. The van der Waals surface area contributed by atoms with E-state index in [1.807, 2.05) is 54.6 Å². The Kier molecular flexibility index (Phi) is 11.3. The molecule has 1 saturated heterocycles. The van der Waals surface area contributed by atoms with Crippen molar-refractivity contribution >= 4 is 5.97 Å². The van der Waals surface area contributed by atoms with Crippen molar-refractivity contribution in [2.24, 2.45) is 0 Å². The Labute approximate surface area is 240 Å². The van der Waals surface area contributed by atoms with Crippen LogP contribution in [0.25, 0.3) is 0 Å². The van der Waals surface area contributed by atoms with Crippen molar-refractivity contribution in [2.75, 3.05) is 27.4 Å². The molecule has 3 aromatic rings. The molecule has 218 valence electrons. The average Bonchev–Trinajstić information content (AvgIpc) is 3.03. The first kappa shape index (κ1) is 30.2. The standard InChI is InChI=1S/C32H36O9/c1-4-18-37-32-30(41-31(34)24-8-6-5-7-9-24)29(39-21-23-12-16-26(36-3)17-13-23)28(27(19-33)40-32)38-20-22-10-14-25(35-2)15-11-22/h4-17,27-30,32-33H,1,18-21H2,2-3H3/t27-,28-,29+,30-,32-/m1/s1. The van der Waals surface area contributed by atoms with Crippen molar-refractivity contribution in [3.8, 4) is 11.5 Å². The molecule has 41 heavy (non-hydrogen) atoms. The van der Waals surface area contributed by atoms with Gasteiger partial charge < -0.3 is 38.3 Å². The van der Waals surface area contributed by atoms with E-state index in [9.17, 15) is 9.90 Å². The maximum absolute atomic E-state index is 13.2. The van der Waals surface area contributed by atoms with Gasteiger partial charge in [-0.05, 0) is 47.5 Å². The lowest BCUT2D eigenvalue weighted by Crippen LogP contribution is -2.62. The Morgan fingerprint density at radius 3 is 1.88 bits per heavy atom. The number of hydrogen-bond acceptors (Lipinski definition) is 9. The van der Waals surface area contributed by atoms with Crippen LogP contribution in [0.15, 0.2) is 91.5 Å². The van der Waals surface area contributed by atoms with Crippen LogP contribution in [0.4, 0.5) is 0 Å². The van der Waals surface area contributed by atoms with Crippen LogP contribution in [0.3, 0.4) is 0 Å². The third-order valence-corrected chi connectivity index (χ3v) is 6.61. The molecule has 0 aromatic heterocycles. The van der Waals surface area contributed by atoms with E-state index in [-0.39, 0.29) is 26.4 Å². The Hall–Kier alpha value is -3.73. The molecule has 3 aromatic carbocycles. The van der Waals surface area contributed by atoms with Gasteiger partial charge in [0.25, 0.3) is 0 Å². The molecule has 0 bridgehead atoms. The lowest BCUT2D eigenvalue weighted by molar-refractivity contribution is -0.313. The summed E-state index contributed by atoms with van der Waals surface area (Å²) in [4.78, 5) is 13.2. The largest absolute Gasteiger partial charge is 0.497 e. The summed E-state index contributed by atoms with van der Waals surface area (Å²) < 4.78 is 41.2. The fourth-order valence-electron chi connectivity index (χ4n) is 4.43. The van der Waals surface area contributed by atoms with Crippen molar-refractivity contribution in [1.82, 2.24) is 0 Å². The fraction of sp³-hybridized carbons (Fsp3) is 0.344. The average molecular weight is 565 g/mol. The molecule has 1 heterocycles. The fourth-order valence-corrected chi connectivity index (χ4v) is 4.43. The van der Waals surface area contributed by atoms with Crippen molar-refractivity contribution in [3.63, 3.8) is 0 Å². The first-order valence-electron chi connectivity index (χ1n) is 13.3. The highest BCUT2D eigenvalue weighted by atomic mass is 16.7. The number of aliphatic hydroxyl groups excluding tert-OH is 1. The van der Waals surface area contributed by atoms with E-state index in [0.29, 0.717) is 11.3 Å². The van der Waals surface area contributed by atoms with E-state index in [1.165, 1.54) is 0 Å². The second-order valence-corrected chi connectivity index (χ2v) is 9.33.